The van der Waals surface area contributed by atoms with Crippen molar-refractivity contribution < 1.29 is 1.43 Å². The molecule has 12 heavy (non-hydrogen) atoms. The molecule has 0 radical (unpaired) electrons. The highest BCUT2D eigenvalue weighted by Crippen LogP contribution is 2.16. The van der Waals surface area contributed by atoms with Crippen molar-refractivity contribution in [1.82, 2.24) is 5.32 Å². The predicted octanol–water partition coefficient (Wildman–Crippen LogP) is 3.06. The first-order valence-electron chi connectivity index (χ1n) is 4.39. The van der Waals surface area contributed by atoms with E-state index in [2.05, 4.69) is 24.7 Å². The van der Waals surface area contributed by atoms with Crippen LogP contribution in [0.2, 0.25) is 0 Å². The van der Waals surface area contributed by atoms with Crippen LogP contribution in [0.25, 0.3) is 0 Å². The van der Waals surface area contributed by atoms with E-state index in [0.29, 0.717) is 0 Å². The van der Waals surface area contributed by atoms with Crippen LogP contribution in [0.5, 0.6) is 0 Å². The first-order chi connectivity index (χ1) is 5.35. The summed E-state index contributed by atoms with van der Waals surface area (Å²) in [5.41, 5.74) is 0. The molecule has 1 aliphatic rings. The average Bonchev–Trinajstić information content (AvgIpc) is 2.08. The van der Waals surface area contributed by atoms with Gasteiger partial charge < -0.3 is 5.32 Å². The largest absolute Gasteiger partial charge is 0.317 e. The highest BCUT2D eigenvalue weighted by molar-refractivity contribution is 4.73. The summed E-state index contributed by atoms with van der Waals surface area (Å²) < 4.78 is 0. The molecular formula is C11H25N. The Labute approximate surface area is 79.4 Å². The first-order valence-corrected chi connectivity index (χ1v) is 4.39. The molecule has 0 aliphatic heterocycles. The van der Waals surface area contributed by atoms with Crippen LogP contribution in [0.3, 0.4) is 0 Å². The zero-order valence-corrected chi connectivity index (χ0v) is 7.69. The molecule has 1 N–H and O–H groups in total. The molecule has 0 amide bonds. The normalized spacial score (nSPS) is 16.4. The van der Waals surface area contributed by atoms with Gasteiger partial charge in [0.05, 0.1) is 0 Å². The fourth-order valence-corrected chi connectivity index (χ4v) is 1.39. The number of rotatable bonds is 1. The van der Waals surface area contributed by atoms with E-state index in [1.165, 1.54) is 32.1 Å². The summed E-state index contributed by atoms with van der Waals surface area (Å²) >= 11 is 0. The summed E-state index contributed by atoms with van der Waals surface area (Å²) in [5, 5.41) is 3.30. The molecule has 1 fully saturated rings. The lowest BCUT2D eigenvalue weighted by Gasteiger charge is -2.20. The molecule has 1 heteroatoms. The van der Waals surface area contributed by atoms with E-state index in [9.17, 15) is 0 Å². The van der Waals surface area contributed by atoms with Crippen molar-refractivity contribution in [2.75, 3.05) is 7.05 Å². The minimum Gasteiger partial charge on any atom is -0.317 e. The van der Waals surface area contributed by atoms with Crippen molar-refractivity contribution in [3.8, 4) is 12.3 Å². The van der Waals surface area contributed by atoms with Crippen LogP contribution in [-0.2, 0) is 0 Å². The molecule has 0 unspecified atom stereocenters. The van der Waals surface area contributed by atoms with Crippen molar-refractivity contribution >= 4 is 0 Å². The minimum absolute atomic E-state index is 0. The first kappa shape index (κ1) is 14.1. The summed E-state index contributed by atoms with van der Waals surface area (Å²) in [7, 11) is 2.07. The maximum absolute atomic E-state index is 4.60. The number of terminal acetylenes is 1. The summed E-state index contributed by atoms with van der Waals surface area (Å²) in [4.78, 5) is 0. The smallest absolute Gasteiger partial charge is 0.00640 e. The van der Waals surface area contributed by atoms with Gasteiger partial charge in [-0.2, -0.15) is 0 Å². The van der Waals surface area contributed by atoms with Gasteiger partial charge in [0.2, 0.25) is 0 Å². The van der Waals surface area contributed by atoms with Gasteiger partial charge >= 0.3 is 0 Å². The van der Waals surface area contributed by atoms with Crippen LogP contribution < -0.4 is 5.32 Å². The molecule has 0 spiro atoms. The number of hydrogen-bond donors (Lipinski definition) is 1. The van der Waals surface area contributed by atoms with Crippen LogP contribution in [0.15, 0.2) is 0 Å². The molecule has 0 atom stereocenters. The van der Waals surface area contributed by atoms with Gasteiger partial charge in [-0.05, 0) is 26.8 Å². The van der Waals surface area contributed by atoms with Crippen LogP contribution in [0.1, 0.15) is 47.9 Å². The van der Waals surface area contributed by atoms with E-state index >= 15 is 0 Å². The van der Waals surface area contributed by atoms with Crippen LogP contribution in [0, 0.1) is 12.3 Å². The van der Waals surface area contributed by atoms with Crippen molar-refractivity contribution in [3.05, 3.63) is 0 Å². The Balaban J connectivity index is -0.000000180. The Morgan fingerprint density at radius 1 is 1.33 bits per heavy atom. The van der Waals surface area contributed by atoms with Gasteiger partial charge in [-0.3, -0.25) is 0 Å². The molecule has 1 aliphatic carbocycles. The molecule has 1 nitrogen and oxygen atoms in total. The molecule has 0 aromatic carbocycles. The van der Waals surface area contributed by atoms with Crippen molar-refractivity contribution in [3.63, 3.8) is 0 Å². The second-order valence-corrected chi connectivity index (χ2v) is 2.91. The Morgan fingerprint density at radius 2 is 1.75 bits per heavy atom. The van der Waals surface area contributed by atoms with Gasteiger partial charge in [-0.15, -0.1) is 12.3 Å². The Kier molecular flexibility index (Phi) is 12.3. The van der Waals surface area contributed by atoms with Crippen molar-refractivity contribution in [2.24, 2.45) is 0 Å². The van der Waals surface area contributed by atoms with Gasteiger partial charge in [-0.25, -0.2) is 0 Å². The van der Waals surface area contributed by atoms with E-state index in [4.69, 9.17) is 0 Å². The summed E-state index contributed by atoms with van der Waals surface area (Å²) in [6, 6.07) is 0.837. The van der Waals surface area contributed by atoms with E-state index in [1.54, 1.807) is 6.92 Å². The number of nitrogens with one attached hydrogen (secondary N) is 1. The van der Waals surface area contributed by atoms with Crippen LogP contribution in [-0.4, -0.2) is 13.1 Å². The zero-order chi connectivity index (χ0) is 8.53. The molecule has 0 saturated heterocycles. The Morgan fingerprint density at radius 3 is 2.00 bits per heavy atom. The average molecular weight is 171 g/mol. The van der Waals surface area contributed by atoms with Crippen LogP contribution in [0.4, 0.5) is 0 Å². The standard InChI is InChI=1S/C7H15N.C3H4.CH4.H2/c1-8-7-5-3-2-4-6-7;1-3-2;;/h7-8H,2-6H2,1H3;1H,2H3;1H4;1H. The van der Waals surface area contributed by atoms with Gasteiger partial charge in [0.15, 0.2) is 0 Å². The zero-order valence-electron chi connectivity index (χ0n) is 7.69. The molecular weight excluding hydrogens is 146 g/mol. The van der Waals surface area contributed by atoms with Crippen molar-refractivity contribution in [1.29, 1.82) is 0 Å². The van der Waals surface area contributed by atoms with Gasteiger partial charge in [0.1, 0.15) is 0 Å². The molecule has 1 saturated carbocycles. The maximum Gasteiger partial charge on any atom is 0.00640 e. The Bertz CT molecular complexity index is 112. The van der Waals surface area contributed by atoms with E-state index in [-0.39, 0.29) is 8.85 Å². The highest BCUT2D eigenvalue weighted by Gasteiger charge is 2.09. The van der Waals surface area contributed by atoms with Crippen LogP contribution >= 0.6 is 0 Å². The van der Waals surface area contributed by atoms with E-state index < -0.39 is 0 Å². The lowest BCUT2D eigenvalue weighted by molar-refractivity contribution is 0.394. The van der Waals surface area contributed by atoms with E-state index in [0.717, 1.165) is 6.04 Å². The fraction of sp³-hybridized carbons (Fsp3) is 0.818. The second kappa shape index (κ2) is 10.5. The topological polar surface area (TPSA) is 12.0 Å². The third kappa shape index (κ3) is 7.63. The fourth-order valence-electron chi connectivity index (χ4n) is 1.39. The summed E-state index contributed by atoms with van der Waals surface area (Å²) in [6.07, 6.45) is 11.7. The third-order valence-corrected chi connectivity index (χ3v) is 2.01. The monoisotopic (exact) mass is 171 g/mol. The van der Waals surface area contributed by atoms with Gasteiger partial charge in [0.25, 0.3) is 0 Å². The molecule has 0 bridgehead atoms. The quantitative estimate of drug-likeness (QED) is 0.598. The second-order valence-electron chi connectivity index (χ2n) is 2.91. The summed E-state index contributed by atoms with van der Waals surface area (Å²) in [5.74, 6) is 2.25. The molecule has 0 aromatic heterocycles. The highest BCUT2D eigenvalue weighted by atomic mass is 14.9. The maximum atomic E-state index is 4.60. The minimum atomic E-state index is 0. The SMILES string of the molecule is C.C#CC.CNC1CCCCC1.[HH]. The Hall–Kier alpha value is -0.480. The molecule has 74 valence electrons. The number of hydrogen-bond acceptors (Lipinski definition) is 1. The molecule has 1 rings (SSSR count). The molecule has 0 heterocycles. The van der Waals surface area contributed by atoms with Crippen molar-refractivity contribution in [2.45, 2.75) is 52.5 Å². The third-order valence-electron chi connectivity index (χ3n) is 2.01. The lowest BCUT2D eigenvalue weighted by atomic mass is 9.96. The van der Waals surface area contributed by atoms with Gasteiger partial charge in [0, 0.05) is 7.47 Å². The molecule has 0 aromatic rings. The van der Waals surface area contributed by atoms with E-state index in [1.807, 2.05) is 0 Å². The van der Waals surface area contributed by atoms with Gasteiger partial charge in [-0.1, -0.05) is 26.7 Å². The lowest BCUT2D eigenvalue weighted by Crippen LogP contribution is -2.26. The summed E-state index contributed by atoms with van der Waals surface area (Å²) in [6.45, 7) is 1.65. The predicted molar refractivity (Wildman–Crippen MR) is 59.3 cm³/mol.